The lowest BCUT2D eigenvalue weighted by Gasteiger charge is -2.33. The van der Waals surface area contributed by atoms with Crippen LogP contribution in [0.3, 0.4) is 0 Å². The fourth-order valence-corrected chi connectivity index (χ4v) is 2.13. The lowest BCUT2D eigenvalue weighted by molar-refractivity contribution is -0.136. The minimum Gasteiger partial charge on any atom is -0.338 e. The van der Waals surface area contributed by atoms with Crippen LogP contribution in [0, 0.1) is 0 Å². The van der Waals surface area contributed by atoms with Gasteiger partial charge in [0.1, 0.15) is 0 Å². The van der Waals surface area contributed by atoms with Gasteiger partial charge in [-0.05, 0) is 13.3 Å². The Morgan fingerprint density at radius 1 is 1.64 bits per heavy atom. The van der Waals surface area contributed by atoms with E-state index >= 15 is 0 Å². The summed E-state index contributed by atoms with van der Waals surface area (Å²) in [7, 11) is 0. The molecule has 62 valence electrons. The first kappa shape index (κ1) is 7.10. The number of nitrogens with zero attached hydrogens (tertiary/aromatic N) is 2. The summed E-state index contributed by atoms with van der Waals surface area (Å²) in [6.07, 6.45) is 1.18. The molecule has 1 amide bonds. The van der Waals surface area contributed by atoms with Crippen LogP contribution in [0.4, 0.5) is 0 Å². The number of carbonyl (C=O) groups excluding carboxylic acids is 1. The van der Waals surface area contributed by atoms with Gasteiger partial charge in [-0.1, -0.05) is 0 Å². The minimum atomic E-state index is 0.321. The average molecular weight is 154 g/mol. The van der Waals surface area contributed by atoms with Gasteiger partial charge < -0.3 is 4.90 Å². The van der Waals surface area contributed by atoms with Gasteiger partial charge in [0, 0.05) is 25.7 Å². The Labute approximate surface area is 67.0 Å². The predicted molar refractivity (Wildman–Crippen MR) is 42.2 cm³/mol. The normalized spacial score (nSPS) is 36.5. The van der Waals surface area contributed by atoms with E-state index in [-0.39, 0.29) is 0 Å². The van der Waals surface area contributed by atoms with Gasteiger partial charge in [0.25, 0.3) is 0 Å². The standard InChI is InChI=1S/C8H14N2O/c1-2-10-7-3-4-9(5-7)6-8(10)11/h7H,2-6H2,1H3. The van der Waals surface area contributed by atoms with E-state index < -0.39 is 0 Å². The summed E-state index contributed by atoms with van der Waals surface area (Å²) >= 11 is 0. The van der Waals surface area contributed by atoms with Crippen LogP contribution in [-0.4, -0.2) is 47.9 Å². The van der Waals surface area contributed by atoms with Crippen LogP contribution >= 0.6 is 0 Å². The van der Waals surface area contributed by atoms with Crippen molar-refractivity contribution >= 4 is 5.91 Å². The van der Waals surface area contributed by atoms with E-state index in [4.69, 9.17) is 0 Å². The Balaban J connectivity index is 2.13. The lowest BCUT2D eigenvalue weighted by atomic mass is 10.2. The second-order valence-electron chi connectivity index (χ2n) is 3.36. The van der Waals surface area contributed by atoms with E-state index in [9.17, 15) is 4.79 Å². The van der Waals surface area contributed by atoms with E-state index in [2.05, 4.69) is 11.8 Å². The summed E-state index contributed by atoms with van der Waals surface area (Å²) in [4.78, 5) is 15.6. The maximum Gasteiger partial charge on any atom is 0.237 e. The quantitative estimate of drug-likeness (QED) is 0.527. The highest BCUT2D eigenvalue weighted by atomic mass is 16.2. The lowest BCUT2D eigenvalue weighted by Crippen LogP contribution is -2.50. The van der Waals surface area contributed by atoms with Gasteiger partial charge in [-0.2, -0.15) is 0 Å². The number of piperazine rings is 1. The van der Waals surface area contributed by atoms with E-state index in [1.54, 1.807) is 0 Å². The Kier molecular flexibility index (Phi) is 1.60. The molecule has 2 unspecified atom stereocenters. The molecule has 2 bridgehead atoms. The molecule has 2 atom stereocenters. The second kappa shape index (κ2) is 2.48. The molecule has 2 aliphatic heterocycles. The molecule has 3 heteroatoms. The van der Waals surface area contributed by atoms with Gasteiger partial charge in [-0.25, -0.2) is 0 Å². The van der Waals surface area contributed by atoms with Gasteiger partial charge in [0.05, 0.1) is 6.54 Å². The summed E-state index contributed by atoms with van der Waals surface area (Å²) in [6, 6.07) is 0.529. The fraction of sp³-hybridized carbons (Fsp3) is 0.875. The van der Waals surface area contributed by atoms with E-state index in [1.165, 1.54) is 6.42 Å². The Bertz CT molecular complexity index is 181. The molecule has 0 saturated carbocycles. The van der Waals surface area contributed by atoms with Crippen molar-refractivity contribution in [3.8, 4) is 0 Å². The van der Waals surface area contributed by atoms with Crippen LogP contribution in [0.5, 0.6) is 0 Å². The molecule has 0 N–H and O–H groups in total. The first-order valence-electron chi connectivity index (χ1n) is 4.33. The van der Waals surface area contributed by atoms with Crippen molar-refractivity contribution in [2.45, 2.75) is 19.4 Å². The summed E-state index contributed by atoms with van der Waals surface area (Å²) in [5, 5.41) is 0. The Hall–Kier alpha value is -0.570. The zero-order valence-electron chi connectivity index (χ0n) is 6.92. The van der Waals surface area contributed by atoms with Crippen molar-refractivity contribution in [3.63, 3.8) is 0 Å². The van der Waals surface area contributed by atoms with Crippen molar-refractivity contribution in [3.05, 3.63) is 0 Å². The number of hydrogen-bond acceptors (Lipinski definition) is 2. The maximum atomic E-state index is 11.4. The first-order valence-corrected chi connectivity index (χ1v) is 4.33. The molecule has 0 aliphatic carbocycles. The van der Waals surface area contributed by atoms with Crippen molar-refractivity contribution in [1.82, 2.24) is 9.80 Å². The van der Waals surface area contributed by atoms with Crippen LogP contribution in [-0.2, 0) is 4.79 Å². The number of rotatable bonds is 1. The molecule has 0 spiro atoms. The van der Waals surface area contributed by atoms with Crippen LogP contribution < -0.4 is 0 Å². The topological polar surface area (TPSA) is 23.6 Å². The van der Waals surface area contributed by atoms with Gasteiger partial charge in [0.15, 0.2) is 0 Å². The van der Waals surface area contributed by atoms with Gasteiger partial charge in [-0.3, -0.25) is 9.69 Å². The largest absolute Gasteiger partial charge is 0.338 e. The average Bonchev–Trinajstić information content (AvgIpc) is 2.34. The highest BCUT2D eigenvalue weighted by Gasteiger charge is 2.35. The molecule has 2 aliphatic rings. The molecule has 3 nitrogen and oxygen atoms in total. The number of carbonyl (C=O) groups is 1. The van der Waals surface area contributed by atoms with E-state index in [1.807, 2.05) is 4.90 Å². The highest BCUT2D eigenvalue weighted by molar-refractivity contribution is 5.79. The van der Waals surface area contributed by atoms with Crippen molar-refractivity contribution in [1.29, 1.82) is 0 Å². The summed E-state index contributed by atoms with van der Waals surface area (Å²) in [6.45, 7) is 5.83. The highest BCUT2D eigenvalue weighted by Crippen LogP contribution is 2.20. The van der Waals surface area contributed by atoms with Gasteiger partial charge in [0.2, 0.25) is 5.91 Å². The van der Waals surface area contributed by atoms with Crippen LogP contribution in [0.2, 0.25) is 0 Å². The molecule has 0 radical (unpaired) electrons. The van der Waals surface area contributed by atoms with Crippen molar-refractivity contribution in [2.24, 2.45) is 0 Å². The molecule has 11 heavy (non-hydrogen) atoms. The molecular formula is C8H14N2O. The second-order valence-corrected chi connectivity index (χ2v) is 3.36. The smallest absolute Gasteiger partial charge is 0.237 e. The van der Waals surface area contributed by atoms with Crippen LogP contribution in [0.1, 0.15) is 13.3 Å². The van der Waals surface area contributed by atoms with Crippen LogP contribution in [0.25, 0.3) is 0 Å². The third-order valence-corrected chi connectivity index (χ3v) is 2.71. The Morgan fingerprint density at radius 3 is 3.18 bits per heavy atom. The molecule has 2 heterocycles. The molecule has 2 saturated heterocycles. The SMILES string of the molecule is CCN1C(=O)CN2CCC1C2. The third kappa shape index (κ3) is 1.03. The molecular weight excluding hydrogens is 140 g/mol. The molecule has 0 aromatic rings. The fourth-order valence-electron chi connectivity index (χ4n) is 2.13. The van der Waals surface area contributed by atoms with Crippen molar-refractivity contribution < 1.29 is 4.79 Å². The molecule has 2 fully saturated rings. The predicted octanol–water partition coefficient (Wildman–Crippen LogP) is -0.0772. The molecule has 0 aromatic heterocycles. The monoisotopic (exact) mass is 154 g/mol. The number of likely N-dealkylation sites (N-methyl/N-ethyl adjacent to an activating group) is 1. The number of amides is 1. The van der Waals surface area contributed by atoms with E-state index in [0.29, 0.717) is 18.5 Å². The minimum absolute atomic E-state index is 0.321. The zero-order chi connectivity index (χ0) is 7.84. The molecule has 2 rings (SSSR count). The van der Waals surface area contributed by atoms with Gasteiger partial charge in [-0.15, -0.1) is 0 Å². The zero-order valence-corrected chi connectivity index (χ0v) is 6.92. The Morgan fingerprint density at radius 2 is 2.45 bits per heavy atom. The van der Waals surface area contributed by atoms with Crippen molar-refractivity contribution in [2.75, 3.05) is 26.2 Å². The summed E-state index contributed by atoms with van der Waals surface area (Å²) in [5.74, 6) is 0.321. The summed E-state index contributed by atoms with van der Waals surface area (Å²) < 4.78 is 0. The van der Waals surface area contributed by atoms with Crippen LogP contribution in [0.15, 0.2) is 0 Å². The number of hydrogen-bond donors (Lipinski definition) is 0. The summed E-state index contributed by atoms with van der Waals surface area (Å²) in [5.41, 5.74) is 0. The molecule has 0 aromatic carbocycles. The van der Waals surface area contributed by atoms with E-state index in [0.717, 1.165) is 19.6 Å². The number of fused-ring (bicyclic) bond motifs is 2. The maximum absolute atomic E-state index is 11.4. The third-order valence-electron chi connectivity index (χ3n) is 2.71. The van der Waals surface area contributed by atoms with Gasteiger partial charge >= 0.3 is 0 Å². The first-order chi connectivity index (χ1) is 5.31.